The number of nitrogens with two attached hydrogens (primary N) is 1. The third-order valence-electron chi connectivity index (χ3n) is 3.92. The van der Waals surface area contributed by atoms with Crippen molar-refractivity contribution in [1.29, 1.82) is 5.41 Å². The van der Waals surface area contributed by atoms with E-state index >= 15 is 0 Å². The largest absolute Gasteiger partial charge is 0.378 e. The number of aromatic nitrogens is 3. The quantitative estimate of drug-likeness (QED) is 0.301. The van der Waals surface area contributed by atoms with Crippen LogP contribution in [0.1, 0.15) is 21.5 Å². The van der Waals surface area contributed by atoms with Gasteiger partial charge in [-0.1, -0.05) is 41.5 Å². The van der Waals surface area contributed by atoms with Crippen molar-refractivity contribution in [3.63, 3.8) is 0 Å². The molecule has 0 fully saturated rings. The summed E-state index contributed by atoms with van der Waals surface area (Å²) < 4.78 is 1.91. The van der Waals surface area contributed by atoms with Crippen molar-refractivity contribution in [1.82, 2.24) is 14.8 Å². The Morgan fingerprint density at radius 2 is 2.10 bits per heavy atom. The molecule has 0 atom stereocenters. The molecular formula is C19H15BrCl2N6OS. The van der Waals surface area contributed by atoms with Gasteiger partial charge in [-0.3, -0.25) is 10.2 Å². The Labute approximate surface area is 195 Å². The number of anilines is 1. The third kappa shape index (κ3) is 4.86. The average molecular weight is 526 g/mol. The number of amides is 1. The van der Waals surface area contributed by atoms with Crippen molar-refractivity contribution in [2.75, 3.05) is 5.32 Å². The first-order chi connectivity index (χ1) is 14.2. The number of nitrogens with one attached hydrogen (secondary N) is 2. The predicted molar refractivity (Wildman–Crippen MR) is 127 cm³/mol. The summed E-state index contributed by atoms with van der Waals surface area (Å²) in [5, 5.41) is 15.3. The number of carbonyl (C=O) groups is 1. The van der Waals surface area contributed by atoms with Gasteiger partial charge in [-0.2, -0.15) is 9.78 Å². The van der Waals surface area contributed by atoms with E-state index in [1.807, 2.05) is 0 Å². The summed E-state index contributed by atoms with van der Waals surface area (Å²) in [4.78, 5) is 17.9. The highest BCUT2D eigenvalue weighted by atomic mass is 79.9. The molecule has 1 aromatic carbocycles. The van der Waals surface area contributed by atoms with Gasteiger partial charge in [-0.25, -0.2) is 4.98 Å². The van der Waals surface area contributed by atoms with Crippen LogP contribution in [0.15, 0.2) is 47.7 Å². The molecule has 0 saturated heterocycles. The van der Waals surface area contributed by atoms with Crippen LogP contribution in [-0.2, 0) is 0 Å². The Balaban J connectivity index is 2.03. The Bertz CT molecular complexity index is 1180. The fourth-order valence-corrected chi connectivity index (χ4v) is 4.15. The minimum absolute atomic E-state index is 0.143. The van der Waals surface area contributed by atoms with E-state index in [2.05, 4.69) is 37.9 Å². The molecule has 0 unspecified atom stereocenters. The maximum atomic E-state index is 13.2. The summed E-state index contributed by atoms with van der Waals surface area (Å²) in [5.41, 5.74) is 6.95. The lowest BCUT2D eigenvalue weighted by Crippen LogP contribution is -2.18. The molecule has 0 radical (unpaired) electrons. The highest BCUT2D eigenvalue weighted by Gasteiger charge is 2.21. The van der Waals surface area contributed by atoms with Gasteiger partial charge in [0.15, 0.2) is 11.0 Å². The first kappa shape index (κ1) is 22.4. The second kappa shape index (κ2) is 9.22. The van der Waals surface area contributed by atoms with E-state index in [1.54, 1.807) is 43.5 Å². The zero-order valence-corrected chi connectivity index (χ0v) is 19.5. The summed E-state index contributed by atoms with van der Waals surface area (Å²) in [6, 6.07) is 8.30. The van der Waals surface area contributed by atoms with Crippen molar-refractivity contribution in [3.8, 4) is 5.82 Å². The molecule has 3 aromatic rings. The van der Waals surface area contributed by atoms with Gasteiger partial charge in [0.25, 0.3) is 5.91 Å². The van der Waals surface area contributed by atoms with Crippen molar-refractivity contribution in [3.05, 3.63) is 74.4 Å². The van der Waals surface area contributed by atoms with E-state index in [4.69, 9.17) is 34.3 Å². The Morgan fingerprint density at radius 3 is 2.77 bits per heavy atom. The number of nitrogens with zero attached hydrogens (tertiary/aromatic N) is 3. The van der Waals surface area contributed by atoms with Gasteiger partial charge in [0, 0.05) is 27.8 Å². The van der Waals surface area contributed by atoms with Gasteiger partial charge in [0.1, 0.15) is 10.4 Å². The van der Waals surface area contributed by atoms with Crippen LogP contribution in [0, 0.1) is 12.3 Å². The molecule has 1 amide bonds. The number of hydrogen-bond donors (Lipinski definition) is 3. The number of hydrogen-bond acceptors (Lipinski definition) is 5. The molecule has 0 saturated carbocycles. The Hall–Kier alpha value is -2.33. The molecule has 0 aliphatic rings. The molecule has 30 heavy (non-hydrogen) atoms. The molecule has 0 aliphatic carbocycles. The molecule has 3 rings (SSSR count). The summed E-state index contributed by atoms with van der Waals surface area (Å²) in [6.07, 6.45) is 1.58. The minimum atomic E-state index is -0.412. The number of pyridine rings is 1. The molecule has 0 bridgehead atoms. The summed E-state index contributed by atoms with van der Waals surface area (Å²) in [6.45, 7) is 5.69. The zero-order valence-electron chi connectivity index (χ0n) is 15.5. The van der Waals surface area contributed by atoms with Crippen LogP contribution in [0.4, 0.5) is 5.82 Å². The monoisotopic (exact) mass is 524 g/mol. The van der Waals surface area contributed by atoms with Gasteiger partial charge in [-0.15, -0.1) is 0 Å². The van der Waals surface area contributed by atoms with Gasteiger partial charge in [0.05, 0.1) is 10.6 Å². The standard InChI is InChI=1S/C19H15BrCl2N6OS/c1-9-6-11(21)7-12(10(2)30-19(23)24)16(9)18(29)26-15-8-14(20)27-28(15)17-13(22)4-3-5-25-17/h3-8H,2H2,1H3,(H3,23,24)(H,26,29). The van der Waals surface area contributed by atoms with Crippen molar-refractivity contribution in [2.24, 2.45) is 5.73 Å². The highest BCUT2D eigenvalue weighted by molar-refractivity contribution is 9.10. The molecule has 0 spiro atoms. The van der Waals surface area contributed by atoms with Gasteiger partial charge in [0.2, 0.25) is 0 Å². The van der Waals surface area contributed by atoms with Crippen LogP contribution in [-0.4, -0.2) is 25.8 Å². The smallest absolute Gasteiger partial charge is 0.257 e. The van der Waals surface area contributed by atoms with Crippen LogP contribution >= 0.6 is 50.9 Å². The number of rotatable bonds is 5. The maximum absolute atomic E-state index is 13.2. The minimum Gasteiger partial charge on any atom is -0.378 e. The number of carbonyl (C=O) groups excluding carboxylic acids is 1. The van der Waals surface area contributed by atoms with Gasteiger partial charge in [-0.05, 0) is 52.7 Å². The lowest BCUT2D eigenvalue weighted by Gasteiger charge is -2.15. The van der Waals surface area contributed by atoms with Crippen molar-refractivity contribution < 1.29 is 4.79 Å². The summed E-state index contributed by atoms with van der Waals surface area (Å²) >= 11 is 16.7. The Kier molecular flexibility index (Phi) is 6.87. The van der Waals surface area contributed by atoms with Gasteiger partial charge < -0.3 is 11.1 Å². The first-order valence-electron chi connectivity index (χ1n) is 8.36. The fraction of sp³-hybridized carbons (Fsp3) is 0.0526. The zero-order chi connectivity index (χ0) is 22.0. The number of halogens is 3. The molecular weight excluding hydrogens is 511 g/mol. The average Bonchev–Trinajstić information content (AvgIpc) is 3.00. The molecule has 154 valence electrons. The van der Waals surface area contributed by atoms with E-state index in [0.717, 1.165) is 11.8 Å². The van der Waals surface area contributed by atoms with E-state index in [9.17, 15) is 4.79 Å². The van der Waals surface area contributed by atoms with Crippen LogP contribution in [0.5, 0.6) is 0 Å². The number of thioether (sulfide) groups is 1. The van der Waals surface area contributed by atoms with E-state index in [1.165, 1.54) is 4.68 Å². The number of amidine groups is 1. The van der Waals surface area contributed by atoms with Crippen LogP contribution in [0.25, 0.3) is 10.7 Å². The van der Waals surface area contributed by atoms with Crippen LogP contribution in [0.2, 0.25) is 10.0 Å². The molecule has 7 nitrogen and oxygen atoms in total. The lowest BCUT2D eigenvalue weighted by atomic mass is 10.0. The molecule has 0 aliphatic heterocycles. The third-order valence-corrected chi connectivity index (χ3v) is 5.51. The molecule has 2 heterocycles. The van der Waals surface area contributed by atoms with Crippen molar-refractivity contribution >= 4 is 72.7 Å². The topological polar surface area (TPSA) is 110 Å². The molecule has 11 heteroatoms. The molecule has 2 aromatic heterocycles. The van der Waals surface area contributed by atoms with E-state index in [0.29, 0.717) is 47.9 Å². The predicted octanol–water partition coefficient (Wildman–Crippen LogP) is 5.49. The van der Waals surface area contributed by atoms with Gasteiger partial charge >= 0.3 is 0 Å². The number of benzene rings is 1. The number of aryl methyl sites for hydroxylation is 1. The maximum Gasteiger partial charge on any atom is 0.257 e. The van der Waals surface area contributed by atoms with Crippen LogP contribution < -0.4 is 11.1 Å². The Morgan fingerprint density at radius 1 is 1.37 bits per heavy atom. The fourth-order valence-electron chi connectivity index (χ4n) is 2.77. The summed E-state index contributed by atoms with van der Waals surface area (Å²) in [5.74, 6) is 0.313. The first-order valence-corrected chi connectivity index (χ1v) is 10.7. The lowest BCUT2D eigenvalue weighted by molar-refractivity contribution is 0.102. The SMILES string of the molecule is C=C(SC(=N)N)c1cc(Cl)cc(C)c1C(=O)Nc1cc(Br)nn1-c1ncccc1Cl. The second-order valence-electron chi connectivity index (χ2n) is 6.06. The second-order valence-corrected chi connectivity index (χ2v) is 8.85. The van der Waals surface area contributed by atoms with Crippen LogP contribution in [0.3, 0.4) is 0 Å². The highest BCUT2D eigenvalue weighted by Crippen LogP contribution is 2.33. The van der Waals surface area contributed by atoms with Crippen molar-refractivity contribution in [2.45, 2.75) is 6.92 Å². The van der Waals surface area contributed by atoms with E-state index < -0.39 is 5.91 Å². The van der Waals surface area contributed by atoms with E-state index in [-0.39, 0.29) is 5.17 Å². The normalized spacial score (nSPS) is 10.7. The summed E-state index contributed by atoms with van der Waals surface area (Å²) in [7, 11) is 0. The molecule has 4 N–H and O–H groups in total.